The van der Waals surface area contributed by atoms with Gasteiger partial charge in [-0.1, -0.05) is 54.1 Å². The number of nitrogens with one attached hydrogen (secondary N) is 1. The molecule has 4 rings (SSSR count). The average molecular weight is 432 g/mol. The van der Waals surface area contributed by atoms with Crippen LogP contribution in [0.2, 0.25) is 0 Å². The lowest BCUT2D eigenvalue weighted by Gasteiger charge is -2.35. The molecule has 1 aliphatic heterocycles. The van der Waals surface area contributed by atoms with Crippen molar-refractivity contribution in [2.45, 2.75) is 30.0 Å². The summed E-state index contributed by atoms with van der Waals surface area (Å²) < 4.78 is 0.785. The van der Waals surface area contributed by atoms with Crippen molar-refractivity contribution in [1.29, 1.82) is 0 Å². The zero-order valence-corrected chi connectivity index (χ0v) is 17.9. The summed E-state index contributed by atoms with van der Waals surface area (Å²) >= 11 is 2.90. The fourth-order valence-electron chi connectivity index (χ4n) is 3.78. The van der Waals surface area contributed by atoms with Crippen LogP contribution in [0.3, 0.4) is 0 Å². The molecule has 1 saturated carbocycles. The molecule has 1 aliphatic carbocycles. The molecule has 0 bridgehead atoms. The van der Waals surface area contributed by atoms with E-state index in [1.807, 2.05) is 35.2 Å². The summed E-state index contributed by atoms with van der Waals surface area (Å²) in [4.78, 5) is 28.8. The number of amides is 2. The number of carbonyl (C=O) groups excluding carboxylic acids is 2. The molecule has 2 amide bonds. The predicted molar refractivity (Wildman–Crippen MR) is 116 cm³/mol. The first-order chi connectivity index (χ1) is 14.2. The molecule has 2 fully saturated rings. The number of hydrogen-bond acceptors (Lipinski definition) is 7. The number of thioether (sulfide) groups is 1. The van der Waals surface area contributed by atoms with E-state index in [1.165, 1.54) is 35.9 Å². The summed E-state index contributed by atoms with van der Waals surface area (Å²) in [6.07, 6.45) is 4.47. The molecule has 0 spiro atoms. The molecule has 1 N–H and O–H groups in total. The average Bonchev–Trinajstić information content (AvgIpc) is 3.45. The van der Waals surface area contributed by atoms with Crippen LogP contribution in [0.4, 0.5) is 10.8 Å². The van der Waals surface area contributed by atoms with Gasteiger partial charge in [0.25, 0.3) is 0 Å². The van der Waals surface area contributed by atoms with E-state index in [1.54, 1.807) is 0 Å². The van der Waals surface area contributed by atoms with Crippen molar-refractivity contribution in [3.05, 3.63) is 30.3 Å². The molecule has 1 aromatic heterocycles. The van der Waals surface area contributed by atoms with Gasteiger partial charge >= 0.3 is 0 Å². The number of nitrogens with zero attached hydrogens (tertiary/aromatic N) is 4. The maximum absolute atomic E-state index is 12.6. The maximum Gasteiger partial charge on any atom is 0.234 e. The lowest BCUT2D eigenvalue weighted by Crippen LogP contribution is -2.50. The first-order valence-electron chi connectivity index (χ1n) is 10.0. The molecule has 154 valence electrons. The van der Waals surface area contributed by atoms with E-state index >= 15 is 0 Å². The Morgan fingerprint density at radius 1 is 1.07 bits per heavy atom. The number of para-hydroxylation sites is 1. The van der Waals surface area contributed by atoms with E-state index in [0.717, 1.165) is 54.2 Å². The quantitative estimate of drug-likeness (QED) is 0.708. The van der Waals surface area contributed by atoms with Crippen molar-refractivity contribution in [3.8, 4) is 0 Å². The van der Waals surface area contributed by atoms with Crippen molar-refractivity contribution in [3.63, 3.8) is 0 Å². The van der Waals surface area contributed by atoms with Gasteiger partial charge in [0.2, 0.25) is 16.9 Å². The molecular formula is C20H25N5O2S2. The predicted octanol–water partition coefficient (Wildman–Crippen LogP) is 3.11. The highest BCUT2D eigenvalue weighted by atomic mass is 32.2. The molecule has 1 aromatic carbocycles. The second kappa shape index (κ2) is 9.58. The standard InChI is InChI=1S/C20H25N5O2S2/c26-17(21-16-8-2-1-3-9-16)14-28-20-23-22-19(29-20)25-12-10-24(11-13-25)18(27)15-6-4-5-7-15/h1-3,8-9,15H,4-7,10-14H2,(H,21,26). The van der Waals surface area contributed by atoms with Gasteiger partial charge in [-0.05, 0) is 25.0 Å². The van der Waals surface area contributed by atoms with Crippen molar-refractivity contribution in [2.24, 2.45) is 5.92 Å². The van der Waals surface area contributed by atoms with E-state index in [2.05, 4.69) is 20.4 Å². The van der Waals surface area contributed by atoms with Gasteiger partial charge in [0.15, 0.2) is 4.34 Å². The van der Waals surface area contributed by atoms with Crippen LogP contribution >= 0.6 is 23.1 Å². The van der Waals surface area contributed by atoms with E-state index in [-0.39, 0.29) is 11.8 Å². The van der Waals surface area contributed by atoms with E-state index in [4.69, 9.17) is 0 Å². The summed E-state index contributed by atoms with van der Waals surface area (Å²) in [5.74, 6) is 0.818. The third kappa shape index (κ3) is 5.27. The van der Waals surface area contributed by atoms with E-state index in [9.17, 15) is 9.59 Å². The lowest BCUT2D eigenvalue weighted by molar-refractivity contribution is -0.135. The number of piperazine rings is 1. The van der Waals surface area contributed by atoms with E-state index < -0.39 is 0 Å². The normalized spacial score (nSPS) is 17.5. The number of carbonyl (C=O) groups is 2. The SMILES string of the molecule is O=C(CSc1nnc(N2CCN(C(=O)C3CCCC3)CC2)s1)Nc1ccccc1. The summed E-state index contributed by atoms with van der Waals surface area (Å²) in [6, 6.07) is 9.42. The van der Waals surface area contributed by atoms with Crippen LogP contribution < -0.4 is 10.2 Å². The van der Waals surface area contributed by atoms with E-state index in [0.29, 0.717) is 11.7 Å². The summed E-state index contributed by atoms with van der Waals surface area (Å²) in [5.41, 5.74) is 0.793. The topological polar surface area (TPSA) is 78.4 Å². The molecule has 2 aromatic rings. The molecule has 0 unspecified atom stereocenters. The number of anilines is 2. The highest BCUT2D eigenvalue weighted by molar-refractivity contribution is 8.01. The van der Waals surface area contributed by atoms with Gasteiger partial charge in [-0.25, -0.2) is 0 Å². The van der Waals surface area contributed by atoms with Crippen LogP contribution in [0.5, 0.6) is 0 Å². The highest BCUT2D eigenvalue weighted by Crippen LogP contribution is 2.30. The Morgan fingerprint density at radius 3 is 2.52 bits per heavy atom. The van der Waals surface area contributed by atoms with Gasteiger partial charge in [0, 0.05) is 37.8 Å². The van der Waals surface area contributed by atoms with Gasteiger partial charge in [0.05, 0.1) is 5.75 Å². The number of benzene rings is 1. The maximum atomic E-state index is 12.6. The first-order valence-corrected chi connectivity index (χ1v) is 11.8. The van der Waals surface area contributed by atoms with Gasteiger partial charge < -0.3 is 15.1 Å². The summed E-state index contributed by atoms with van der Waals surface area (Å²) in [6.45, 7) is 3.06. The molecule has 2 heterocycles. The number of hydrogen-bond donors (Lipinski definition) is 1. The van der Waals surface area contributed by atoms with Crippen LogP contribution in [0.1, 0.15) is 25.7 Å². The minimum atomic E-state index is -0.0583. The zero-order valence-electron chi connectivity index (χ0n) is 16.2. The molecular weight excluding hydrogens is 406 g/mol. The highest BCUT2D eigenvalue weighted by Gasteiger charge is 2.30. The van der Waals surface area contributed by atoms with Crippen LogP contribution in [-0.2, 0) is 9.59 Å². The minimum Gasteiger partial charge on any atom is -0.343 e. The van der Waals surface area contributed by atoms with Crippen molar-refractivity contribution in [1.82, 2.24) is 15.1 Å². The van der Waals surface area contributed by atoms with Crippen molar-refractivity contribution >= 4 is 45.7 Å². The zero-order chi connectivity index (χ0) is 20.1. The number of rotatable bonds is 6. The monoisotopic (exact) mass is 431 g/mol. The molecule has 29 heavy (non-hydrogen) atoms. The first kappa shape index (κ1) is 20.2. The molecule has 9 heteroatoms. The third-order valence-corrected chi connectivity index (χ3v) is 7.46. The van der Waals surface area contributed by atoms with Crippen LogP contribution in [0.15, 0.2) is 34.7 Å². The van der Waals surface area contributed by atoms with Crippen LogP contribution in [0, 0.1) is 5.92 Å². The van der Waals surface area contributed by atoms with Gasteiger partial charge in [-0.3, -0.25) is 9.59 Å². The summed E-state index contributed by atoms with van der Waals surface area (Å²) in [7, 11) is 0. The Hall–Kier alpha value is -2.13. The van der Waals surface area contributed by atoms with Gasteiger partial charge in [0.1, 0.15) is 0 Å². The smallest absolute Gasteiger partial charge is 0.234 e. The lowest BCUT2D eigenvalue weighted by atomic mass is 10.1. The Balaban J connectivity index is 1.23. The Labute approximate surface area is 178 Å². The fourth-order valence-corrected chi connectivity index (χ4v) is 5.48. The molecule has 0 radical (unpaired) electrons. The summed E-state index contributed by atoms with van der Waals surface area (Å²) in [5, 5.41) is 12.2. The second-order valence-corrected chi connectivity index (χ2v) is 9.53. The minimum absolute atomic E-state index is 0.0583. The van der Waals surface area contributed by atoms with Crippen molar-refractivity contribution < 1.29 is 9.59 Å². The molecule has 2 aliphatic rings. The fraction of sp³-hybridized carbons (Fsp3) is 0.500. The third-order valence-electron chi connectivity index (χ3n) is 5.35. The van der Waals surface area contributed by atoms with Gasteiger partial charge in [-0.15, -0.1) is 10.2 Å². The molecule has 7 nitrogen and oxygen atoms in total. The second-order valence-electron chi connectivity index (χ2n) is 7.35. The molecule has 0 atom stereocenters. The Kier molecular flexibility index (Phi) is 6.66. The number of aromatic nitrogens is 2. The van der Waals surface area contributed by atoms with Crippen LogP contribution in [-0.4, -0.2) is 58.8 Å². The van der Waals surface area contributed by atoms with Gasteiger partial charge in [-0.2, -0.15) is 0 Å². The Bertz CT molecular complexity index is 830. The largest absolute Gasteiger partial charge is 0.343 e. The Morgan fingerprint density at radius 2 is 1.79 bits per heavy atom. The van der Waals surface area contributed by atoms with Crippen LogP contribution in [0.25, 0.3) is 0 Å². The molecule has 1 saturated heterocycles. The van der Waals surface area contributed by atoms with Crippen molar-refractivity contribution in [2.75, 3.05) is 42.1 Å².